The molecule has 0 fully saturated rings. The van der Waals surface area contributed by atoms with E-state index in [0.29, 0.717) is 0 Å². The molecule has 2 aromatic rings. The molecule has 2 N–H and O–H groups in total. The monoisotopic (exact) mass is 325 g/mol. The summed E-state index contributed by atoms with van der Waals surface area (Å²) in [5.41, 5.74) is 3.01. The van der Waals surface area contributed by atoms with Crippen molar-refractivity contribution in [1.29, 1.82) is 0 Å². The third-order valence-corrected chi connectivity index (χ3v) is 3.68. The van der Waals surface area contributed by atoms with Gasteiger partial charge in [-0.05, 0) is 30.2 Å². The summed E-state index contributed by atoms with van der Waals surface area (Å²) >= 11 is 0. The zero-order valence-corrected chi connectivity index (χ0v) is 14.0. The minimum absolute atomic E-state index is 0.120. The molecule has 0 aliphatic carbocycles. The lowest BCUT2D eigenvalue weighted by Crippen LogP contribution is -2.27. The van der Waals surface area contributed by atoms with Crippen LogP contribution in [-0.4, -0.2) is 24.7 Å². The van der Waals surface area contributed by atoms with Crippen molar-refractivity contribution >= 4 is 12.0 Å². The Kier molecular flexibility index (Phi) is 6.58. The minimum Gasteiger partial charge on any atom is -0.497 e. The fraction of sp³-hybridized carbons (Fsp3) is 0.250. The first kappa shape index (κ1) is 17.8. The predicted octanol–water partition coefficient (Wildman–Crippen LogP) is 3.26. The molecule has 1 unspecified atom stereocenters. The van der Waals surface area contributed by atoms with Gasteiger partial charge in [0, 0.05) is 13.0 Å². The second kappa shape index (κ2) is 8.89. The van der Waals surface area contributed by atoms with Crippen molar-refractivity contribution in [2.75, 3.05) is 13.7 Å². The number of hydrogen-bond donors (Lipinski definition) is 2. The molecule has 0 bridgehead atoms. The lowest BCUT2D eigenvalue weighted by Gasteiger charge is -2.12. The van der Waals surface area contributed by atoms with E-state index in [2.05, 4.69) is 5.32 Å². The van der Waals surface area contributed by atoms with Crippen LogP contribution in [0.5, 0.6) is 5.75 Å². The highest BCUT2D eigenvalue weighted by Crippen LogP contribution is 2.17. The minimum atomic E-state index is -0.735. The zero-order valence-electron chi connectivity index (χ0n) is 14.0. The number of aryl methyl sites for hydroxylation is 1. The maximum absolute atomic E-state index is 11.8. The number of rotatable bonds is 7. The van der Waals surface area contributed by atoms with Crippen LogP contribution in [0.3, 0.4) is 0 Å². The summed E-state index contributed by atoms with van der Waals surface area (Å²) in [4.78, 5) is 11.8. The van der Waals surface area contributed by atoms with E-state index in [0.717, 1.165) is 16.9 Å². The number of carbonyl (C=O) groups is 1. The first-order chi connectivity index (χ1) is 11.6. The predicted molar refractivity (Wildman–Crippen MR) is 95.8 cm³/mol. The van der Waals surface area contributed by atoms with Gasteiger partial charge in [0.05, 0.1) is 13.2 Å². The van der Waals surface area contributed by atoms with Crippen molar-refractivity contribution in [3.63, 3.8) is 0 Å². The van der Waals surface area contributed by atoms with Gasteiger partial charge < -0.3 is 15.2 Å². The molecule has 0 saturated carbocycles. The Labute approximate surface area is 142 Å². The normalized spacial score (nSPS) is 12.1. The number of ether oxygens (including phenoxy) is 1. The van der Waals surface area contributed by atoms with E-state index in [4.69, 9.17) is 4.74 Å². The summed E-state index contributed by atoms with van der Waals surface area (Å²) in [7, 11) is 1.59. The summed E-state index contributed by atoms with van der Waals surface area (Å²) in [5.74, 6) is 0.613. The summed E-state index contributed by atoms with van der Waals surface area (Å²) < 4.78 is 5.08. The van der Waals surface area contributed by atoms with Gasteiger partial charge in [-0.1, -0.05) is 54.1 Å². The van der Waals surface area contributed by atoms with Gasteiger partial charge in [0.1, 0.15) is 5.75 Å². The topological polar surface area (TPSA) is 58.6 Å². The van der Waals surface area contributed by atoms with Crippen molar-refractivity contribution < 1.29 is 14.6 Å². The number of methoxy groups -OCH3 is 1. The Morgan fingerprint density at radius 2 is 1.83 bits per heavy atom. The van der Waals surface area contributed by atoms with Crippen LogP contribution >= 0.6 is 0 Å². The molecular weight excluding hydrogens is 302 g/mol. The van der Waals surface area contributed by atoms with E-state index in [1.165, 1.54) is 5.56 Å². The number of aliphatic hydroxyl groups excluding tert-OH is 1. The Morgan fingerprint density at radius 1 is 1.17 bits per heavy atom. The highest BCUT2D eigenvalue weighted by molar-refractivity contribution is 5.78. The molecule has 4 heteroatoms. The highest BCUT2D eigenvalue weighted by Gasteiger charge is 2.09. The molecule has 0 aliphatic rings. The summed E-state index contributed by atoms with van der Waals surface area (Å²) in [6, 6.07) is 15.2. The summed E-state index contributed by atoms with van der Waals surface area (Å²) in [6.07, 6.45) is 3.28. The van der Waals surface area contributed by atoms with Gasteiger partial charge in [0.15, 0.2) is 0 Å². The molecule has 0 saturated heterocycles. The Balaban J connectivity index is 1.76. The standard InChI is InChI=1S/C20H23NO3/c1-15-6-8-16(9-7-15)4-3-5-20(23)21-14-19(22)17-10-12-18(24-2)13-11-17/h3-4,6-13,19,22H,5,14H2,1-2H3,(H,21,23). The van der Waals surface area contributed by atoms with Gasteiger partial charge in [-0.2, -0.15) is 0 Å². The fourth-order valence-corrected chi connectivity index (χ4v) is 2.21. The zero-order chi connectivity index (χ0) is 17.4. The molecule has 0 aromatic heterocycles. The summed E-state index contributed by atoms with van der Waals surface area (Å²) in [6.45, 7) is 2.22. The lowest BCUT2D eigenvalue weighted by atomic mass is 10.1. The SMILES string of the molecule is COc1ccc(C(O)CNC(=O)CC=Cc2ccc(C)cc2)cc1. The average molecular weight is 325 g/mol. The van der Waals surface area contributed by atoms with E-state index in [1.54, 1.807) is 31.4 Å². The molecule has 24 heavy (non-hydrogen) atoms. The van der Waals surface area contributed by atoms with E-state index in [-0.39, 0.29) is 18.9 Å². The Morgan fingerprint density at radius 3 is 2.46 bits per heavy atom. The number of aliphatic hydroxyl groups is 1. The number of benzene rings is 2. The first-order valence-electron chi connectivity index (χ1n) is 7.90. The van der Waals surface area contributed by atoms with Gasteiger partial charge >= 0.3 is 0 Å². The average Bonchev–Trinajstić information content (AvgIpc) is 2.61. The van der Waals surface area contributed by atoms with E-state index >= 15 is 0 Å². The van der Waals surface area contributed by atoms with Crippen LogP contribution in [0.4, 0.5) is 0 Å². The van der Waals surface area contributed by atoms with Crippen molar-refractivity contribution in [2.24, 2.45) is 0 Å². The van der Waals surface area contributed by atoms with Gasteiger partial charge in [-0.25, -0.2) is 0 Å². The van der Waals surface area contributed by atoms with E-state index in [9.17, 15) is 9.90 Å². The molecule has 2 rings (SSSR count). The second-order valence-corrected chi connectivity index (χ2v) is 5.61. The molecule has 0 radical (unpaired) electrons. The number of amides is 1. The molecule has 0 heterocycles. The van der Waals surface area contributed by atoms with Gasteiger partial charge in [-0.15, -0.1) is 0 Å². The highest BCUT2D eigenvalue weighted by atomic mass is 16.5. The van der Waals surface area contributed by atoms with Gasteiger partial charge in [0.25, 0.3) is 0 Å². The molecule has 0 spiro atoms. The largest absolute Gasteiger partial charge is 0.497 e. The van der Waals surface area contributed by atoms with Crippen LogP contribution in [0.2, 0.25) is 0 Å². The van der Waals surface area contributed by atoms with Crippen molar-refractivity contribution in [1.82, 2.24) is 5.32 Å². The van der Waals surface area contributed by atoms with Crippen LogP contribution in [-0.2, 0) is 4.79 Å². The first-order valence-corrected chi connectivity index (χ1v) is 7.90. The Bertz CT molecular complexity index is 675. The maximum Gasteiger partial charge on any atom is 0.223 e. The van der Waals surface area contributed by atoms with Crippen LogP contribution < -0.4 is 10.1 Å². The lowest BCUT2D eigenvalue weighted by molar-refractivity contribution is -0.120. The fourth-order valence-electron chi connectivity index (χ4n) is 2.21. The number of hydrogen-bond acceptors (Lipinski definition) is 3. The van der Waals surface area contributed by atoms with Crippen molar-refractivity contribution in [2.45, 2.75) is 19.4 Å². The summed E-state index contributed by atoms with van der Waals surface area (Å²) in [5, 5.41) is 12.8. The molecular formula is C20H23NO3. The van der Waals surface area contributed by atoms with Crippen LogP contribution in [0.25, 0.3) is 6.08 Å². The molecule has 126 valence electrons. The quantitative estimate of drug-likeness (QED) is 0.821. The van der Waals surface area contributed by atoms with Crippen molar-refractivity contribution in [3.05, 3.63) is 71.3 Å². The van der Waals surface area contributed by atoms with Crippen molar-refractivity contribution in [3.8, 4) is 5.75 Å². The third-order valence-electron chi connectivity index (χ3n) is 3.68. The molecule has 2 aromatic carbocycles. The molecule has 1 atom stereocenters. The smallest absolute Gasteiger partial charge is 0.223 e. The maximum atomic E-state index is 11.8. The number of carbonyl (C=O) groups excluding carboxylic acids is 1. The van der Waals surface area contributed by atoms with Crippen LogP contribution in [0.15, 0.2) is 54.6 Å². The molecule has 1 amide bonds. The van der Waals surface area contributed by atoms with Gasteiger partial charge in [-0.3, -0.25) is 4.79 Å². The second-order valence-electron chi connectivity index (χ2n) is 5.61. The van der Waals surface area contributed by atoms with Crippen LogP contribution in [0, 0.1) is 6.92 Å². The van der Waals surface area contributed by atoms with E-state index in [1.807, 2.05) is 43.3 Å². The number of nitrogens with one attached hydrogen (secondary N) is 1. The van der Waals surface area contributed by atoms with Crippen LogP contribution in [0.1, 0.15) is 29.2 Å². The Hall–Kier alpha value is -2.59. The molecule has 0 aliphatic heterocycles. The molecule has 4 nitrogen and oxygen atoms in total. The van der Waals surface area contributed by atoms with Gasteiger partial charge in [0.2, 0.25) is 5.91 Å². The van der Waals surface area contributed by atoms with E-state index < -0.39 is 6.10 Å². The third kappa shape index (κ3) is 5.56.